The first-order chi connectivity index (χ1) is 13.4. The molecule has 0 aromatic heterocycles. The highest BCUT2D eigenvalue weighted by atomic mass is 35.5. The maximum Gasteiger partial charge on any atom is 0.341 e. The van der Waals surface area contributed by atoms with Gasteiger partial charge >= 0.3 is 7.67 Å². The third-order valence-corrected chi connectivity index (χ3v) is 6.07. The lowest BCUT2D eigenvalue weighted by Gasteiger charge is -2.26. The Morgan fingerprint density at radius 1 is 1.14 bits per heavy atom. The van der Waals surface area contributed by atoms with Gasteiger partial charge in [0.15, 0.2) is 0 Å². The first-order valence-electron chi connectivity index (χ1n) is 9.34. The third-order valence-electron chi connectivity index (χ3n) is 4.04. The number of alkyl halides is 2. The SMILES string of the molecule is CN(CCCO)CCCOc1cccc(COP(N)(=O)N(CCCl)CCCl)c1. The zero-order valence-electron chi connectivity index (χ0n) is 16.4. The van der Waals surface area contributed by atoms with Crippen molar-refractivity contribution in [2.24, 2.45) is 5.50 Å². The van der Waals surface area contributed by atoms with E-state index in [2.05, 4.69) is 4.90 Å². The molecule has 0 fully saturated rings. The summed E-state index contributed by atoms with van der Waals surface area (Å²) in [5, 5.41) is 8.84. The molecule has 0 heterocycles. The summed E-state index contributed by atoms with van der Waals surface area (Å²) in [6.45, 7) is 3.36. The van der Waals surface area contributed by atoms with E-state index in [4.69, 9.17) is 43.1 Å². The first kappa shape index (κ1) is 25.7. The lowest BCUT2D eigenvalue weighted by molar-refractivity contribution is 0.230. The molecule has 7 nitrogen and oxygen atoms in total. The van der Waals surface area contributed by atoms with Gasteiger partial charge in [-0.2, -0.15) is 0 Å². The number of nitrogens with two attached hydrogens (primary N) is 1. The molecule has 0 aliphatic carbocycles. The van der Waals surface area contributed by atoms with Crippen LogP contribution in [0.3, 0.4) is 0 Å². The monoisotopic (exact) mass is 455 g/mol. The summed E-state index contributed by atoms with van der Waals surface area (Å²) in [6, 6.07) is 7.44. The van der Waals surface area contributed by atoms with Crippen LogP contribution in [-0.2, 0) is 15.7 Å². The molecule has 162 valence electrons. The minimum Gasteiger partial charge on any atom is -0.494 e. The summed E-state index contributed by atoms with van der Waals surface area (Å²) in [6.07, 6.45) is 1.66. The highest BCUT2D eigenvalue weighted by Crippen LogP contribution is 2.43. The van der Waals surface area contributed by atoms with Crippen LogP contribution in [0.15, 0.2) is 24.3 Å². The van der Waals surface area contributed by atoms with Gasteiger partial charge in [0.2, 0.25) is 0 Å². The molecule has 0 radical (unpaired) electrons. The van der Waals surface area contributed by atoms with Crippen LogP contribution in [-0.4, -0.2) is 72.9 Å². The fourth-order valence-corrected chi connectivity index (χ4v) is 4.44. The molecule has 0 spiro atoms. The Balaban J connectivity index is 2.46. The molecule has 0 amide bonds. The van der Waals surface area contributed by atoms with Crippen molar-refractivity contribution in [2.45, 2.75) is 19.4 Å². The van der Waals surface area contributed by atoms with Gasteiger partial charge in [-0.3, -0.25) is 4.57 Å². The van der Waals surface area contributed by atoms with Gasteiger partial charge in [0.1, 0.15) is 5.75 Å². The second kappa shape index (κ2) is 14.6. The van der Waals surface area contributed by atoms with Crippen LogP contribution in [0.1, 0.15) is 18.4 Å². The summed E-state index contributed by atoms with van der Waals surface area (Å²) in [4.78, 5) is 2.16. The summed E-state index contributed by atoms with van der Waals surface area (Å²) < 4.78 is 25.4. The molecule has 1 atom stereocenters. The van der Waals surface area contributed by atoms with Gasteiger partial charge in [-0.25, -0.2) is 10.2 Å². The molecule has 1 unspecified atom stereocenters. The molecule has 0 aliphatic rings. The number of aliphatic hydroxyl groups is 1. The van der Waals surface area contributed by atoms with Crippen LogP contribution in [0.5, 0.6) is 5.75 Å². The molecule has 1 aromatic rings. The van der Waals surface area contributed by atoms with Crippen molar-refractivity contribution in [1.82, 2.24) is 9.57 Å². The average molecular weight is 456 g/mol. The fourth-order valence-electron chi connectivity index (χ4n) is 2.54. The van der Waals surface area contributed by atoms with E-state index in [0.29, 0.717) is 31.5 Å². The minimum atomic E-state index is -3.46. The largest absolute Gasteiger partial charge is 0.494 e. The van der Waals surface area contributed by atoms with Crippen molar-refractivity contribution in [3.63, 3.8) is 0 Å². The van der Waals surface area contributed by atoms with Crippen molar-refractivity contribution >= 4 is 30.9 Å². The molecule has 0 saturated carbocycles. The molecule has 3 N–H and O–H groups in total. The molecule has 28 heavy (non-hydrogen) atoms. The lowest BCUT2D eigenvalue weighted by atomic mass is 10.2. The number of ether oxygens (including phenoxy) is 1. The normalized spacial score (nSPS) is 13.8. The number of aliphatic hydroxyl groups excluding tert-OH is 1. The standard InChI is InChI=1S/C18H32Cl2N3O4P/c1-22(9-3-13-24)10-4-14-26-18-6-2-5-17(15-18)16-27-28(21,25)23(11-7-19)12-8-20/h2,5-6,15,24H,3-4,7-14,16H2,1H3,(H2,21,25). The topological polar surface area (TPSA) is 88.3 Å². The van der Waals surface area contributed by atoms with Crippen molar-refractivity contribution in [2.75, 3.05) is 58.2 Å². The molecule has 1 aromatic carbocycles. The van der Waals surface area contributed by atoms with E-state index < -0.39 is 7.67 Å². The smallest absolute Gasteiger partial charge is 0.341 e. The zero-order valence-corrected chi connectivity index (χ0v) is 18.8. The van der Waals surface area contributed by atoms with Gasteiger partial charge in [0.25, 0.3) is 0 Å². The molecule has 10 heteroatoms. The second-order valence-electron chi connectivity index (χ2n) is 6.40. The Bertz CT molecular complexity index is 592. The van der Waals surface area contributed by atoms with Crippen LogP contribution in [0.2, 0.25) is 0 Å². The number of halogens is 2. The van der Waals surface area contributed by atoms with E-state index >= 15 is 0 Å². The molecule has 0 bridgehead atoms. The summed E-state index contributed by atoms with van der Waals surface area (Å²) >= 11 is 11.5. The molecule has 0 saturated heterocycles. The maximum atomic E-state index is 12.6. The number of rotatable bonds is 16. The predicted octanol–water partition coefficient (Wildman–Crippen LogP) is 3.13. The van der Waals surface area contributed by atoms with E-state index in [9.17, 15) is 4.57 Å². The van der Waals surface area contributed by atoms with E-state index in [0.717, 1.165) is 37.2 Å². The lowest BCUT2D eigenvalue weighted by Crippen LogP contribution is -2.29. The number of benzene rings is 1. The summed E-state index contributed by atoms with van der Waals surface area (Å²) in [5.74, 6) is 1.31. The maximum absolute atomic E-state index is 12.6. The van der Waals surface area contributed by atoms with Crippen molar-refractivity contribution in [1.29, 1.82) is 0 Å². The summed E-state index contributed by atoms with van der Waals surface area (Å²) in [7, 11) is -1.44. The predicted molar refractivity (Wildman–Crippen MR) is 115 cm³/mol. The Morgan fingerprint density at radius 2 is 1.82 bits per heavy atom. The van der Waals surface area contributed by atoms with E-state index in [-0.39, 0.29) is 13.2 Å². The van der Waals surface area contributed by atoms with Gasteiger partial charge in [-0.05, 0) is 37.6 Å². The quantitative estimate of drug-likeness (QED) is 0.225. The average Bonchev–Trinajstić information content (AvgIpc) is 2.68. The van der Waals surface area contributed by atoms with E-state index in [1.165, 1.54) is 4.67 Å². The number of hydrogen-bond donors (Lipinski definition) is 2. The number of hydrogen-bond acceptors (Lipinski definition) is 5. The zero-order chi connectivity index (χ0) is 20.8. The van der Waals surface area contributed by atoms with Crippen molar-refractivity contribution in [3.05, 3.63) is 29.8 Å². The highest BCUT2D eigenvalue weighted by molar-refractivity contribution is 7.53. The molecule has 0 aliphatic heterocycles. The van der Waals surface area contributed by atoms with Gasteiger partial charge in [0.05, 0.1) is 13.2 Å². The highest BCUT2D eigenvalue weighted by Gasteiger charge is 2.26. The van der Waals surface area contributed by atoms with Crippen LogP contribution in [0.25, 0.3) is 0 Å². The van der Waals surface area contributed by atoms with Crippen LogP contribution < -0.4 is 10.2 Å². The van der Waals surface area contributed by atoms with Gasteiger partial charge in [-0.1, -0.05) is 12.1 Å². The minimum absolute atomic E-state index is 0.107. The van der Waals surface area contributed by atoms with E-state index in [1.807, 2.05) is 31.3 Å². The van der Waals surface area contributed by atoms with Crippen LogP contribution in [0.4, 0.5) is 0 Å². The third kappa shape index (κ3) is 10.4. The Kier molecular flexibility index (Phi) is 13.4. The molecular formula is C18H32Cl2N3O4P. The second-order valence-corrected chi connectivity index (χ2v) is 9.11. The van der Waals surface area contributed by atoms with Gasteiger partial charge in [0, 0.05) is 44.5 Å². The number of nitrogens with zero attached hydrogens (tertiary/aromatic N) is 2. The fraction of sp³-hybridized carbons (Fsp3) is 0.667. The Morgan fingerprint density at radius 3 is 2.46 bits per heavy atom. The van der Waals surface area contributed by atoms with Crippen LogP contribution in [0, 0.1) is 0 Å². The molecular weight excluding hydrogens is 424 g/mol. The van der Waals surface area contributed by atoms with Gasteiger partial charge < -0.3 is 19.3 Å². The Hall–Kier alpha value is -0.370. The van der Waals surface area contributed by atoms with Crippen LogP contribution >= 0.6 is 30.9 Å². The van der Waals surface area contributed by atoms with E-state index in [1.54, 1.807) is 0 Å². The van der Waals surface area contributed by atoms with Gasteiger partial charge in [-0.15, -0.1) is 23.2 Å². The first-order valence-corrected chi connectivity index (χ1v) is 12.1. The molecule has 1 rings (SSSR count). The summed E-state index contributed by atoms with van der Waals surface area (Å²) in [5.41, 5.74) is 6.69. The van der Waals surface area contributed by atoms with Crippen molar-refractivity contribution < 1.29 is 18.9 Å². The Labute approximate surface area is 178 Å². The van der Waals surface area contributed by atoms with Crippen molar-refractivity contribution in [3.8, 4) is 5.75 Å².